The zero-order valence-corrected chi connectivity index (χ0v) is 16.0. The highest BCUT2D eigenvalue weighted by atomic mass is 35.5. The van der Waals surface area contributed by atoms with E-state index < -0.39 is 0 Å². The first-order valence-electron chi connectivity index (χ1n) is 9.60. The molecule has 0 N–H and O–H groups in total. The molecule has 3 aromatic rings. The monoisotopic (exact) mass is 379 g/mol. The molecular formula is C23H22ClNO2. The topological polar surface area (TPSA) is 25.6 Å². The van der Waals surface area contributed by atoms with Crippen LogP contribution >= 0.6 is 11.6 Å². The summed E-state index contributed by atoms with van der Waals surface area (Å²) in [5, 5.41) is 1.89. The molecule has 0 saturated heterocycles. The maximum atomic E-state index is 6.14. The van der Waals surface area contributed by atoms with E-state index in [2.05, 4.69) is 29.2 Å². The maximum Gasteiger partial charge on any atom is 0.134 e. The van der Waals surface area contributed by atoms with E-state index in [1.165, 1.54) is 22.3 Å². The minimum atomic E-state index is 0.758. The van der Waals surface area contributed by atoms with E-state index in [9.17, 15) is 0 Å². The van der Waals surface area contributed by atoms with E-state index in [1.54, 1.807) is 0 Å². The molecular weight excluding hydrogens is 358 g/mol. The zero-order chi connectivity index (χ0) is 18.2. The highest BCUT2D eigenvalue weighted by Gasteiger charge is 2.21. The number of fused-ring (bicyclic) bond motifs is 2. The largest absolute Gasteiger partial charge is 0.492 e. The fourth-order valence-corrected chi connectivity index (χ4v) is 4.33. The van der Waals surface area contributed by atoms with Gasteiger partial charge in [-0.05, 0) is 47.7 Å². The number of hydrogen-bond donors (Lipinski definition) is 0. The van der Waals surface area contributed by atoms with Crippen LogP contribution < -0.4 is 4.74 Å². The van der Waals surface area contributed by atoms with Gasteiger partial charge in [0.15, 0.2) is 0 Å². The summed E-state index contributed by atoms with van der Waals surface area (Å²) < 4.78 is 11.5. The Hall–Kier alpha value is -2.23. The second-order valence-corrected chi connectivity index (χ2v) is 7.76. The fraction of sp³-hybridized carbons (Fsp3) is 0.304. The Balaban J connectivity index is 1.27. The average molecular weight is 380 g/mol. The van der Waals surface area contributed by atoms with Gasteiger partial charge in [-0.15, -0.1) is 0 Å². The van der Waals surface area contributed by atoms with Crippen molar-refractivity contribution in [2.24, 2.45) is 0 Å². The Morgan fingerprint density at radius 2 is 2.07 bits per heavy atom. The van der Waals surface area contributed by atoms with Crippen molar-refractivity contribution in [2.45, 2.75) is 19.3 Å². The Bertz CT molecular complexity index is 1020. The summed E-state index contributed by atoms with van der Waals surface area (Å²) >= 11 is 6.14. The zero-order valence-electron chi connectivity index (χ0n) is 15.2. The lowest BCUT2D eigenvalue weighted by molar-refractivity contribution is 0.305. The van der Waals surface area contributed by atoms with Gasteiger partial charge in [0.1, 0.15) is 11.3 Å². The van der Waals surface area contributed by atoms with Crippen LogP contribution in [0, 0.1) is 0 Å². The van der Waals surface area contributed by atoms with Gasteiger partial charge in [0.2, 0.25) is 0 Å². The third-order valence-corrected chi connectivity index (χ3v) is 5.90. The van der Waals surface area contributed by atoms with E-state index in [-0.39, 0.29) is 0 Å². The van der Waals surface area contributed by atoms with E-state index in [0.717, 1.165) is 67.2 Å². The van der Waals surface area contributed by atoms with Gasteiger partial charge in [0.05, 0.1) is 12.9 Å². The van der Waals surface area contributed by atoms with Crippen molar-refractivity contribution in [3.05, 3.63) is 70.5 Å². The molecule has 27 heavy (non-hydrogen) atoms. The second kappa shape index (κ2) is 7.06. The molecule has 2 aliphatic rings. The molecule has 0 saturated carbocycles. The number of halogens is 1. The summed E-state index contributed by atoms with van der Waals surface area (Å²) in [5.41, 5.74) is 6.21. The second-order valence-electron chi connectivity index (χ2n) is 7.32. The third kappa shape index (κ3) is 3.26. The van der Waals surface area contributed by atoms with Crippen LogP contribution in [0.25, 0.3) is 16.5 Å². The molecule has 0 spiro atoms. The van der Waals surface area contributed by atoms with E-state index in [4.69, 9.17) is 20.8 Å². The minimum Gasteiger partial charge on any atom is -0.492 e. The van der Waals surface area contributed by atoms with E-state index in [0.29, 0.717) is 0 Å². The van der Waals surface area contributed by atoms with Gasteiger partial charge in [-0.1, -0.05) is 35.9 Å². The van der Waals surface area contributed by atoms with Crippen molar-refractivity contribution in [1.82, 2.24) is 4.90 Å². The molecule has 0 fully saturated rings. The van der Waals surface area contributed by atoms with Crippen LogP contribution in [-0.2, 0) is 12.8 Å². The number of rotatable bonds is 4. The number of furan rings is 1. The molecule has 0 aliphatic carbocycles. The van der Waals surface area contributed by atoms with Gasteiger partial charge < -0.3 is 9.15 Å². The summed E-state index contributed by atoms with van der Waals surface area (Å²) in [6, 6.07) is 12.4. The SMILES string of the molecule is Clc1ccc2occ(CCN3CC=C(c4cccc5c4OCC5)CC3)c2c1. The van der Waals surface area contributed by atoms with E-state index in [1.807, 2.05) is 24.5 Å². The number of nitrogens with zero attached hydrogens (tertiary/aromatic N) is 1. The Morgan fingerprint density at radius 1 is 1.11 bits per heavy atom. The smallest absolute Gasteiger partial charge is 0.134 e. The van der Waals surface area contributed by atoms with Gasteiger partial charge in [-0.2, -0.15) is 0 Å². The highest BCUT2D eigenvalue weighted by Crippen LogP contribution is 2.36. The van der Waals surface area contributed by atoms with Gasteiger partial charge in [-0.3, -0.25) is 4.90 Å². The summed E-state index contributed by atoms with van der Waals surface area (Å²) in [4.78, 5) is 2.50. The summed E-state index contributed by atoms with van der Waals surface area (Å²) in [5.74, 6) is 1.11. The first-order chi connectivity index (χ1) is 13.3. The summed E-state index contributed by atoms with van der Waals surface area (Å²) in [7, 11) is 0. The van der Waals surface area contributed by atoms with Crippen LogP contribution in [-0.4, -0.2) is 31.1 Å². The maximum absolute atomic E-state index is 6.14. The molecule has 3 heterocycles. The first kappa shape index (κ1) is 16.9. The molecule has 0 amide bonds. The van der Waals surface area contributed by atoms with Gasteiger partial charge in [0, 0.05) is 42.0 Å². The van der Waals surface area contributed by atoms with Crippen LogP contribution in [0.2, 0.25) is 5.02 Å². The molecule has 1 aromatic heterocycles. The Labute approximate surface area is 164 Å². The van der Waals surface area contributed by atoms with Crippen LogP contribution in [0.5, 0.6) is 5.75 Å². The fourth-order valence-electron chi connectivity index (χ4n) is 4.15. The molecule has 0 atom stereocenters. The van der Waals surface area contributed by atoms with Crippen LogP contribution in [0.1, 0.15) is 23.1 Å². The predicted molar refractivity (Wildman–Crippen MR) is 110 cm³/mol. The van der Waals surface area contributed by atoms with Gasteiger partial charge in [0.25, 0.3) is 0 Å². The molecule has 2 aliphatic heterocycles. The van der Waals surface area contributed by atoms with Crippen molar-refractivity contribution in [3.8, 4) is 5.75 Å². The quantitative estimate of drug-likeness (QED) is 0.610. The number of ether oxygens (including phenoxy) is 1. The highest BCUT2D eigenvalue weighted by molar-refractivity contribution is 6.31. The summed E-state index contributed by atoms with van der Waals surface area (Å²) in [6.07, 6.45) is 7.31. The predicted octanol–water partition coefficient (Wildman–Crippen LogP) is 5.35. The summed E-state index contributed by atoms with van der Waals surface area (Å²) in [6.45, 7) is 3.89. The molecule has 3 nitrogen and oxygen atoms in total. The standard InChI is InChI=1S/C23H22ClNO2/c24-19-4-5-22-21(14-19)18(15-27-22)8-12-25-10-6-16(7-11-25)20-3-1-2-17-9-13-26-23(17)20/h1-6,14-15H,7-13H2. The van der Waals surface area contributed by atoms with E-state index >= 15 is 0 Å². The number of hydrogen-bond acceptors (Lipinski definition) is 3. The van der Waals surface area contributed by atoms with Gasteiger partial charge >= 0.3 is 0 Å². The molecule has 138 valence electrons. The molecule has 0 bridgehead atoms. The lowest BCUT2D eigenvalue weighted by atomic mass is 9.96. The first-order valence-corrected chi connectivity index (χ1v) is 9.98. The molecule has 4 heteroatoms. The number of para-hydroxylation sites is 1. The van der Waals surface area contributed by atoms with Crippen molar-refractivity contribution in [1.29, 1.82) is 0 Å². The third-order valence-electron chi connectivity index (χ3n) is 5.67. The van der Waals surface area contributed by atoms with Crippen LogP contribution in [0.4, 0.5) is 0 Å². The van der Waals surface area contributed by atoms with Crippen LogP contribution in [0.3, 0.4) is 0 Å². The van der Waals surface area contributed by atoms with Crippen molar-refractivity contribution in [3.63, 3.8) is 0 Å². The average Bonchev–Trinajstić information content (AvgIpc) is 3.33. The molecule has 0 unspecified atom stereocenters. The normalized spacial score (nSPS) is 17.0. The minimum absolute atomic E-state index is 0.758. The van der Waals surface area contributed by atoms with Crippen molar-refractivity contribution < 1.29 is 9.15 Å². The number of benzene rings is 2. The molecule has 2 aromatic carbocycles. The van der Waals surface area contributed by atoms with Crippen LogP contribution in [0.15, 0.2) is 53.2 Å². The molecule has 5 rings (SSSR count). The Kier molecular flexibility index (Phi) is 4.42. The molecule has 0 radical (unpaired) electrons. The lowest BCUT2D eigenvalue weighted by Gasteiger charge is -2.26. The van der Waals surface area contributed by atoms with Crippen molar-refractivity contribution >= 4 is 28.1 Å². The van der Waals surface area contributed by atoms with Crippen molar-refractivity contribution in [2.75, 3.05) is 26.2 Å². The lowest BCUT2D eigenvalue weighted by Crippen LogP contribution is -2.30. The van der Waals surface area contributed by atoms with Gasteiger partial charge in [-0.25, -0.2) is 0 Å². The Morgan fingerprint density at radius 3 is 2.96 bits per heavy atom.